The first kappa shape index (κ1) is 34.4. The van der Waals surface area contributed by atoms with Crippen LogP contribution < -0.4 is 4.74 Å². The van der Waals surface area contributed by atoms with Crippen LogP contribution in [-0.2, 0) is 37.0 Å². The first-order valence-corrected chi connectivity index (χ1v) is 16.5. The second-order valence-corrected chi connectivity index (χ2v) is 12.8. The molecule has 47 heavy (non-hydrogen) atoms. The largest absolute Gasteiger partial charge is 0.528 e. The molecule has 0 aliphatic carbocycles. The molecule has 8 nitrogen and oxygen atoms in total. The molecule has 0 spiro atoms. The third-order valence-corrected chi connectivity index (χ3v) is 7.90. The van der Waals surface area contributed by atoms with Gasteiger partial charge in [-0.25, -0.2) is 4.79 Å². The maximum absolute atomic E-state index is 12.6. The molecule has 0 aromatic heterocycles. The molecular formula is C39H47NO7. The van der Waals surface area contributed by atoms with Crippen LogP contribution >= 0.6 is 0 Å². The van der Waals surface area contributed by atoms with Crippen LogP contribution in [0, 0.1) is 0 Å². The summed E-state index contributed by atoms with van der Waals surface area (Å²) >= 11 is 0. The number of piperidine rings is 1. The molecule has 1 heterocycles. The van der Waals surface area contributed by atoms with Crippen molar-refractivity contribution in [3.8, 4) is 5.75 Å². The average Bonchev–Trinajstić information content (AvgIpc) is 3.05. The Morgan fingerprint density at radius 2 is 1.47 bits per heavy atom. The van der Waals surface area contributed by atoms with Gasteiger partial charge in [0.1, 0.15) is 11.4 Å². The lowest BCUT2D eigenvalue weighted by molar-refractivity contribution is -0.207. The van der Waals surface area contributed by atoms with Gasteiger partial charge in [-0.15, -0.1) is 5.06 Å². The smallest absolute Gasteiger partial charge is 0.494 e. The lowest BCUT2D eigenvalue weighted by atomic mass is 9.85. The van der Waals surface area contributed by atoms with Gasteiger partial charge in [0, 0.05) is 18.9 Å². The molecule has 3 atom stereocenters. The highest BCUT2D eigenvalue weighted by Gasteiger charge is 2.41. The minimum atomic E-state index is -0.744. The van der Waals surface area contributed by atoms with E-state index in [0.717, 1.165) is 34.2 Å². The fourth-order valence-electron chi connectivity index (χ4n) is 5.78. The number of nitrogens with zero attached hydrogens (tertiary/aromatic N) is 1. The van der Waals surface area contributed by atoms with Crippen molar-refractivity contribution in [1.82, 2.24) is 5.06 Å². The maximum Gasteiger partial charge on any atom is 0.528 e. The van der Waals surface area contributed by atoms with Crippen LogP contribution in [0.2, 0.25) is 0 Å². The Hall–Kier alpha value is -3.95. The van der Waals surface area contributed by atoms with Crippen molar-refractivity contribution in [2.24, 2.45) is 0 Å². The molecule has 250 valence electrons. The zero-order valence-electron chi connectivity index (χ0n) is 27.9. The fraction of sp³-hybridized carbons (Fsp3) is 0.410. The lowest BCUT2D eigenvalue weighted by Crippen LogP contribution is -2.53. The van der Waals surface area contributed by atoms with Crippen LogP contribution in [-0.4, -0.2) is 61.9 Å². The summed E-state index contributed by atoms with van der Waals surface area (Å²) in [7, 11) is 0. The molecule has 5 rings (SSSR count). The predicted molar refractivity (Wildman–Crippen MR) is 182 cm³/mol. The van der Waals surface area contributed by atoms with Crippen molar-refractivity contribution >= 4 is 16.9 Å². The van der Waals surface area contributed by atoms with Gasteiger partial charge in [-0.1, -0.05) is 78.9 Å². The van der Waals surface area contributed by atoms with Crippen LogP contribution in [0.25, 0.3) is 10.8 Å². The first-order valence-electron chi connectivity index (χ1n) is 16.5. The molecule has 3 unspecified atom stereocenters. The minimum Gasteiger partial charge on any atom is -0.494 e. The summed E-state index contributed by atoms with van der Waals surface area (Å²) in [5, 5.41) is 3.95. The number of hydroxylamine groups is 2. The van der Waals surface area contributed by atoms with E-state index in [0.29, 0.717) is 46.1 Å². The summed E-state index contributed by atoms with van der Waals surface area (Å²) < 4.78 is 30.1. The van der Waals surface area contributed by atoms with Crippen LogP contribution in [0.3, 0.4) is 0 Å². The molecule has 8 heteroatoms. The summed E-state index contributed by atoms with van der Waals surface area (Å²) in [6.45, 7) is 10.8. The molecule has 0 radical (unpaired) electrons. The van der Waals surface area contributed by atoms with Gasteiger partial charge in [0.15, 0.2) is 0 Å². The number of carbonyl (C=O) groups excluding carboxylic acids is 1. The summed E-state index contributed by atoms with van der Waals surface area (Å²) in [5.41, 5.74) is 2.63. The Balaban J connectivity index is 1.25. The van der Waals surface area contributed by atoms with E-state index in [1.807, 2.05) is 70.2 Å². The Kier molecular flexibility index (Phi) is 12.3. The van der Waals surface area contributed by atoms with Crippen molar-refractivity contribution in [2.75, 3.05) is 32.9 Å². The molecule has 0 bridgehead atoms. The van der Waals surface area contributed by atoms with E-state index in [1.165, 1.54) is 5.39 Å². The average molecular weight is 642 g/mol. The molecule has 1 aliphatic rings. The molecular weight excluding hydrogens is 594 g/mol. The molecule has 0 amide bonds. The van der Waals surface area contributed by atoms with Gasteiger partial charge in [-0.3, -0.25) is 0 Å². The summed E-state index contributed by atoms with van der Waals surface area (Å²) in [6, 6.07) is 32.9. The second-order valence-electron chi connectivity index (χ2n) is 12.8. The number of fused-ring (bicyclic) bond motifs is 1. The van der Waals surface area contributed by atoms with Crippen LogP contribution in [0.1, 0.15) is 56.7 Å². The Bertz CT molecular complexity index is 1540. The van der Waals surface area contributed by atoms with Crippen molar-refractivity contribution in [3.63, 3.8) is 0 Å². The molecule has 4 aromatic carbocycles. The highest BCUT2D eigenvalue weighted by atomic mass is 16.8. The Morgan fingerprint density at radius 3 is 2.19 bits per heavy atom. The van der Waals surface area contributed by atoms with Gasteiger partial charge < -0.3 is 28.5 Å². The van der Waals surface area contributed by atoms with E-state index in [-0.39, 0.29) is 18.1 Å². The molecule has 1 fully saturated rings. The number of benzene rings is 4. The van der Waals surface area contributed by atoms with E-state index < -0.39 is 11.8 Å². The third-order valence-electron chi connectivity index (χ3n) is 7.90. The Labute approximate surface area is 278 Å². The normalized spacial score (nSPS) is 18.6. The molecule has 4 aromatic rings. The number of carbonyl (C=O) groups is 1. The van der Waals surface area contributed by atoms with E-state index in [9.17, 15) is 4.79 Å². The summed E-state index contributed by atoms with van der Waals surface area (Å²) in [6.07, 6.45) is -0.567. The maximum atomic E-state index is 12.6. The number of ether oxygens (including phenoxy) is 5. The molecule has 1 saturated heterocycles. The van der Waals surface area contributed by atoms with Crippen LogP contribution in [0.15, 0.2) is 97.1 Å². The predicted octanol–water partition coefficient (Wildman–Crippen LogP) is 8.08. The Morgan fingerprint density at radius 1 is 0.766 bits per heavy atom. The highest BCUT2D eigenvalue weighted by Crippen LogP contribution is 2.35. The topological polar surface area (TPSA) is 75.7 Å². The monoisotopic (exact) mass is 641 g/mol. The van der Waals surface area contributed by atoms with Gasteiger partial charge in [-0.05, 0) is 73.4 Å². The zero-order valence-corrected chi connectivity index (χ0v) is 27.9. The summed E-state index contributed by atoms with van der Waals surface area (Å²) in [5.74, 6) is 0.693. The van der Waals surface area contributed by atoms with Gasteiger partial charge in [-0.2, -0.15) is 0 Å². The van der Waals surface area contributed by atoms with E-state index >= 15 is 0 Å². The van der Waals surface area contributed by atoms with Crippen LogP contribution in [0.4, 0.5) is 4.79 Å². The number of hydrogen-bond acceptors (Lipinski definition) is 8. The quantitative estimate of drug-likeness (QED) is 0.101. The number of hydrogen-bond donors (Lipinski definition) is 0. The fourth-order valence-corrected chi connectivity index (χ4v) is 5.78. The highest BCUT2D eigenvalue weighted by molar-refractivity contribution is 5.82. The van der Waals surface area contributed by atoms with Gasteiger partial charge in [0.05, 0.1) is 51.7 Å². The summed E-state index contributed by atoms with van der Waals surface area (Å²) in [4.78, 5) is 18.3. The van der Waals surface area contributed by atoms with E-state index in [2.05, 4.69) is 54.6 Å². The standard InChI is InChI=1S/C39H47NO7/c1-5-43-35-25-40(47-38(41)46-39(2,3)4)26-36(45-28-30-16-17-31-14-9-10-15-33(31)24-30)37(35)32-18-20-34(21-19-32)44-23-11-22-42-27-29-12-7-6-8-13-29/h6-10,12-21,24,35-37H,5,11,22-23,25-28H2,1-4H3. The van der Waals surface area contributed by atoms with Gasteiger partial charge >= 0.3 is 6.16 Å². The van der Waals surface area contributed by atoms with E-state index in [4.69, 9.17) is 28.5 Å². The van der Waals surface area contributed by atoms with E-state index in [1.54, 1.807) is 5.06 Å². The SMILES string of the molecule is CCOC1CN(OC(=O)OC(C)(C)C)CC(OCc2ccc3ccccc3c2)C1c1ccc(OCCCOCc2ccccc2)cc1. The van der Waals surface area contributed by atoms with Crippen molar-refractivity contribution in [1.29, 1.82) is 0 Å². The third kappa shape index (κ3) is 10.5. The van der Waals surface area contributed by atoms with Crippen LogP contribution in [0.5, 0.6) is 5.75 Å². The zero-order chi connectivity index (χ0) is 33.1. The van der Waals surface area contributed by atoms with Gasteiger partial charge in [0.2, 0.25) is 0 Å². The second kappa shape index (κ2) is 16.7. The van der Waals surface area contributed by atoms with Gasteiger partial charge in [0.25, 0.3) is 0 Å². The minimum absolute atomic E-state index is 0.102. The van der Waals surface area contributed by atoms with Crippen molar-refractivity contribution in [3.05, 3.63) is 114 Å². The number of rotatable bonds is 14. The molecule has 0 N–H and O–H groups in total. The molecule has 1 aliphatic heterocycles. The molecule has 0 saturated carbocycles. The van der Waals surface area contributed by atoms with Crippen molar-refractivity contribution in [2.45, 2.75) is 71.1 Å². The first-order chi connectivity index (χ1) is 22.8. The van der Waals surface area contributed by atoms with Crippen molar-refractivity contribution < 1.29 is 33.3 Å². The lowest BCUT2D eigenvalue weighted by Gasteiger charge is -2.42.